The summed E-state index contributed by atoms with van der Waals surface area (Å²) in [4.78, 5) is 21.6. The third kappa shape index (κ3) is 5.84. The van der Waals surface area contributed by atoms with Gasteiger partial charge in [0.05, 0.1) is 0 Å². The summed E-state index contributed by atoms with van der Waals surface area (Å²) in [7, 11) is 0. The number of hydrogen-bond donors (Lipinski definition) is 0. The van der Waals surface area contributed by atoms with Gasteiger partial charge in [-0.2, -0.15) is 0 Å². The predicted molar refractivity (Wildman–Crippen MR) is 67.7 cm³/mol. The Hall–Kier alpha value is -2.10. The average molecular weight is 248 g/mol. The third-order valence-electron chi connectivity index (χ3n) is 2.07. The summed E-state index contributed by atoms with van der Waals surface area (Å²) in [6.07, 6.45) is 2.95. The van der Waals surface area contributed by atoms with Crippen molar-refractivity contribution in [1.29, 1.82) is 0 Å². The van der Waals surface area contributed by atoms with Crippen molar-refractivity contribution in [2.45, 2.75) is 20.0 Å². The van der Waals surface area contributed by atoms with E-state index >= 15 is 0 Å². The first-order valence-corrected chi connectivity index (χ1v) is 5.62. The molecule has 18 heavy (non-hydrogen) atoms. The molecule has 1 unspecified atom stereocenters. The molecule has 4 nitrogen and oxygen atoms in total. The highest BCUT2D eigenvalue weighted by molar-refractivity contribution is 5.67. The molecule has 96 valence electrons. The van der Waals surface area contributed by atoms with Gasteiger partial charge in [0.15, 0.2) is 6.10 Å². The molecular formula is C14H16O4. The van der Waals surface area contributed by atoms with Crippen molar-refractivity contribution in [2.24, 2.45) is 0 Å². The number of rotatable bonds is 5. The van der Waals surface area contributed by atoms with E-state index in [4.69, 9.17) is 9.47 Å². The summed E-state index contributed by atoms with van der Waals surface area (Å²) < 4.78 is 9.85. The van der Waals surface area contributed by atoms with Crippen molar-refractivity contribution in [3.05, 3.63) is 42.0 Å². The van der Waals surface area contributed by atoms with Gasteiger partial charge < -0.3 is 9.47 Å². The topological polar surface area (TPSA) is 52.6 Å². The Morgan fingerprint density at radius 1 is 1.17 bits per heavy atom. The van der Waals surface area contributed by atoms with Gasteiger partial charge >= 0.3 is 11.9 Å². The Morgan fingerprint density at radius 3 is 2.39 bits per heavy atom. The normalized spacial score (nSPS) is 12.1. The summed E-state index contributed by atoms with van der Waals surface area (Å²) >= 11 is 0. The largest absolute Gasteiger partial charge is 0.462 e. The van der Waals surface area contributed by atoms with Gasteiger partial charge in [-0.05, 0) is 11.6 Å². The van der Waals surface area contributed by atoms with Crippen LogP contribution >= 0.6 is 0 Å². The van der Waals surface area contributed by atoms with Gasteiger partial charge in [0.25, 0.3) is 0 Å². The van der Waals surface area contributed by atoms with Gasteiger partial charge in [-0.25, -0.2) is 0 Å². The molecule has 0 bridgehead atoms. The minimum absolute atomic E-state index is 0.0260. The molecule has 0 saturated carbocycles. The summed E-state index contributed by atoms with van der Waals surface area (Å²) in [5, 5.41) is 0. The van der Waals surface area contributed by atoms with E-state index in [1.54, 1.807) is 6.08 Å². The molecule has 0 aliphatic rings. The molecule has 0 radical (unpaired) electrons. The van der Waals surface area contributed by atoms with Gasteiger partial charge in [0.2, 0.25) is 0 Å². The Kier molecular flexibility index (Phi) is 5.64. The number of esters is 2. The van der Waals surface area contributed by atoms with Crippen molar-refractivity contribution in [3.63, 3.8) is 0 Å². The number of benzene rings is 1. The van der Waals surface area contributed by atoms with Crippen LogP contribution in [0.3, 0.4) is 0 Å². The second-order valence-electron chi connectivity index (χ2n) is 3.72. The smallest absolute Gasteiger partial charge is 0.303 e. The maximum Gasteiger partial charge on any atom is 0.303 e. The molecule has 1 rings (SSSR count). The van der Waals surface area contributed by atoms with E-state index in [2.05, 4.69) is 0 Å². The fraction of sp³-hybridized carbons (Fsp3) is 0.286. The van der Waals surface area contributed by atoms with Crippen LogP contribution in [0.1, 0.15) is 19.4 Å². The molecule has 0 amide bonds. The Bertz CT molecular complexity index is 423. The maximum atomic E-state index is 10.9. The van der Waals surface area contributed by atoms with Crippen molar-refractivity contribution in [3.8, 4) is 0 Å². The fourth-order valence-corrected chi connectivity index (χ4v) is 1.32. The van der Waals surface area contributed by atoms with E-state index < -0.39 is 18.0 Å². The van der Waals surface area contributed by atoms with Crippen LogP contribution in [0.4, 0.5) is 0 Å². The zero-order valence-electron chi connectivity index (χ0n) is 10.5. The van der Waals surface area contributed by atoms with E-state index in [0.717, 1.165) is 5.56 Å². The van der Waals surface area contributed by atoms with Crippen LogP contribution in [0.25, 0.3) is 6.08 Å². The number of hydrogen-bond acceptors (Lipinski definition) is 4. The van der Waals surface area contributed by atoms with Gasteiger partial charge in [0.1, 0.15) is 6.61 Å². The standard InChI is InChI=1S/C14H16O4/c1-11(15)17-10-14(18-12(2)16)9-8-13-6-4-3-5-7-13/h3-9,14H,10H2,1-2H3/b9-8+. The molecule has 0 aliphatic heterocycles. The van der Waals surface area contributed by atoms with Crippen molar-refractivity contribution in [2.75, 3.05) is 6.61 Å². The first-order chi connectivity index (χ1) is 8.58. The molecule has 0 heterocycles. The van der Waals surface area contributed by atoms with Crippen LogP contribution in [-0.4, -0.2) is 24.6 Å². The molecule has 0 saturated heterocycles. The molecular weight excluding hydrogens is 232 g/mol. The molecule has 1 aromatic rings. The minimum atomic E-state index is -0.563. The molecule has 4 heteroatoms. The summed E-state index contributed by atoms with van der Waals surface area (Å²) in [6, 6.07) is 9.58. The lowest BCUT2D eigenvalue weighted by Crippen LogP contribution is -2.21. The van der Waals surface area contributed by atoms with Gasteiger partial charge in [-0.1, -0.05) is 36.4 Å². The number of ether oxygens (including phenoxy) is 2. The van der Waals surface area contributed by atoms with Crippen LogP contribution in [0, 0.1) is 0 Å². The lowest BCUT2D eigenvalue weighted by Gasteiger charge is -2.12. The highest BCUT2D eigenvalue weighted by Gasteiger charge is 2.09. The van der Waals surface area contributed by atoms with Crippen LogP contribution in [0.2, 0.25) is 0 Å². The van der Waals surface area contributed by atoms with Crippen LogP contribution in [-0.2, 0) is 19.1 Å². The molecule has 0 aromatic heterocycles. The van der Waals surface area contributed by atoms with Crippen LogP contribution < -0.4 is 0 Å². The second kappa shape index (κ2) is 7.27. The minimum Gasteiger partial charge on any atom is -0.462 e. The molecule has 1 atom stereocenters. The quantitative estimate of drug-likeness (QED) is 0.749. The first-order valence-electron chi connectivity index (χ1n) is 5.62. The van der Waals surface area contributed by atoms with Crippen molar-refractivity contribution < 1.29 is 19.1 Å². The lowest BCUT2D eigenvalue weighted by molar-refractivity contribution is -0.153. The highest BCUT2D eigenvalue weighted by Crippen LogP contribution is 2.05. The summed E-state index contributed by atoms with van der Waals surface area (Å²) in [6.45, 7) is 2.65. The van der Waals surface area contributed by atoms with Gasteiger partial charge in [0, 0.05) is 13.8 Å². The molecule has 0 aliphatic carbocycles. The first kappa shape index (κ1) is 14.0. The van der Waals surface area contributed by atoms with Crippen LogP contribution in [0.15, 0.2) is 36.4 Å². The van der Waals surface area contributed by atoms with E-state index in [0.29, 0.717) is 0 Å². The summed E-state index contributed by atoms with van der Waals surface area (Å²) in [5.74, 6) is -0.815. The molecule has 0 fully saturated rings. The predicted octanol–water partition coefficient (Wildman–Crippen LogP) is 2.19. The monoisotopic (exact) mass is 248 g/mol. The fourth-order valence-electron chi connectivity index (χ4n) is 1.32. The third-order valence-corrected chi connectivity index (χ3v) is 2.07. The molecule has 0 N–H and O–H groups in total. The number of carbonyl (C=O) groups excluding carboxylic acids is 2. The second-order valence-corrected chi connectivity index (χ2v) is 3.72. The Balaban J connectivity index is 2.62. The molecule has 0 spiro atoms. The zero-order chi connectivity index (χ0) is 13.4. The van der Waals surface area contributed by atoms with E-state index in [1.165, 1.54) is 13.8 Å². The molecule has 1 aromatic carbocycles. The highest BCUT2D eigenvalue weighted by atomic mass is 16.6. The Morgan fingerprint density at radius 2 is 1.83 bits per heavy atom. The Labute approximate surface area is 106 Å². The van der Waals surface area contributed by atoms with Gasteiger partial charge in [-0.3, -0.25) is 9.59 Å². The zero-order valence-corrected chi connectivity index (χ0v) is 10.5. The van der Waals surface area contributed by atoms with E-state index in [1.807, 2.05) is 36.4 Å². The van der Waals surface area contributed by atoms with Crippen molar-refractivity contribution >= 4 is 18.0 Å². The summed E-state index contributed by atoms with van der Waals surface area (Å²) in [5.41, 5.74) is 0.984. The van der Waals surface area contributed by atoms with Gasteiger partial charge in [-0.15, -0.1) is 0 Å². The lowest BCUT2D eigenvalue weighted by atomic mass is 10.2. The van der Waals surface area contributed by atoms with Crippen molar-refractivity contribution in [1.82, 2.24) is 0 Å². The maximum absolute atomic E-state index is 10.9. The van der Waals surface area contributed by atoms with E-state index in [-0.39, 0.29) is 6.61 Å². The van der Waals surface area contributed by atoms with E-state index in [9.17, 15) is 9.59 Å². The SMILES string of the molecule is CC(=O)OCC(/C=C/c1ccccc1)OC(C)=O. The van der Waals surface area contributed by atoms with Crippen LogP contribution in [0.5, 0.6) is 0 Å². The average Bonchev–Trinajstić information content (AvgIpc) is 2.33. The number of carbonyl (C=O) groups is 2.